The molecule has 2 aromatic heterocycles. The Labute approximate surface area is 170 Å². The molecule has 3 heterocycles. The van der Waals surface area contributed by atoms with E-state index in [4.69, 9.17) is 4.98 Å². The van der Waals surface area contributed by atoms with Crippen molar-refractivity contribution < 1.29 is 4.79 Å². The molecule has 3 aliphatic rings. The van der Waals surface area contributed by atoms with Crippen LogP contribution in [-0.4, -0.2) is 67.9 Å². The second-order valence-corrected chi connectivity index (χ2v) is 8.28. The molecule has 2 saturated carbocycles. The molecule has 8 nitrogen and oxygen atoms in total. The fraction of sp³-hybridized carbons (Fsp3) is 0.571. The van der Waals surface area contributed by atoms with Crippen molar-refractivity contribution in [1.82, 2.24) is 29.7 Å². The predicted molar refractivity (Wildman–Crippen MR) is 109 cm³/mol. The van der Waals surface area contributed by atoms with Gasteiger partial charge in [-0.3, -0.25) is 9.69 Å². The molecule has 0 aromatic carbocycles. The molecule has 0 unspecified atom stereocenters. The van der Waals surface area contributed by atoms with Crippen LogP contribution in [0.25, 0.3) is 0 Å². The molecule has 1 N–H and O–H groups in total. The van der Waals surface area contributed by atoms with Crippen molar-refractivity contribution in [1.29, 1.82) is 0 Å². The van der Waals surface area contributed by atoms with Gasteiger partial charge in [-0.25, -0.2) is 19.9 Å². The lowest BCUT2D eigenvalue weighted by molar-refractivity contribution is 0.0568. The maximum atomic E-state index is 13.4. The zero-order valence-electron chi connectivity index (χ0n) is 16.6. The van der Waals surface area contributed by atoms with Gasteiger partial charge in [0.15, 0.2) is 11.5 Å². The summed E-state index contributed by atoms with van der Waals surface area (Å²) in [6, 6.07) is 0.709. The van der Waals surface area contributed by atoms with Crippen molar-refractivity contribution in [2.75, 3.05) is 31.5 Å². The molecule has 29 heavy (non-hydrogen) atoms. The van der Waals surface area contributed by atoms with Crippen LogP contribution in [0.1, 0.15) is 60.6 Å². The number of nitrogens with zero attached hydrogens (tertiary/aromatic N) is 6. The Balaban J connectivity index is 1.34. The van der Waals surface area contributed by atoms with Crippen molar-refractivity contribution in [2.24, 2.45) is 0 Å². The number of piperazine rings is 1. The summed E-state index contributed by atoms with van der Waals surface area (Å²) in [5.74, 6) is 0.889. The molecule has 8 heteroatoms. The van der Waals surface area contributed by atoms with Gasteiger partial charge < -0.3 is 10.2 Å². The Morgan fingerprint density at radius 3 is 2.38 bits per heavy atom. The quantitative estimate of drug-likeness (QED) is 0.835. The van der Waals surface area contributed by atoms with E-state index in [1.54, 1.807) is 18.6 Å². The molecule has 3 fully saturated rings. The van der Waals surface area contributed by atoms with Crippen LogP contribution in [0.4, 0.5) is 11.5 Å². The van der Waals surface area contributed by atoms with Crippen LogP contribution in [0.5, 0.6) is 0 Å². The summed E-state index contributed by atoms with van der Waals surface area (Å²) >= 11 is 0. The van der Waals surface area contributed by atoms with Gasteiger partial charge >= 0.3 is 0 Å². The molecule has 1 amide bonds. The highest BCUT2D eigenvalue weighted by Gasteiger charge is 2.32. The van der Waals surface area contributed by atoms with Crippen LogP contribution in [-0.2, 0) is 0 Å². The number of carbonyl (C=O) groups excluding carboxylic acids is 1. The molecule has 0 spiro atoms. The van der Waals surface area contributed by atoms with Crippen LogP contribution in [0.2, 0.25) is 0 Å². The number of hydrogen-bond donors (Lipinski definition) is 1. The fourth-order valence-electron chi connectivity index (χ4n) is 4.43. The SMILES string of the molecule is O=C(c1nc(C2CC2)cnc1Nc1cncnc1)N1CCN(C2CCCC2)CC1. The first-order valence-corrected chi connectivity index (χ1v) is 10.7. The van der Waals surface area contributed by atoms with Gasteiger partial charge in [-0.15, -0.1) is 0 Å². The molecule has 1 aliphatic heterocycles. The lowest BCUT2D eigenvalue weighted by Gasteiger charge is -2.38. The molecule has 2 aliphatic carbocycles. The van der Waals surface area contributed by atoms with Crippen LogP contribution in [0, 0.1) is 0 Å². The monoisotopic (exact) mass is 393 g/mol. The third kappa shape index (κ3) is 4.07. The largest absolute Gasteiger partial charge is 0.336 e. The van der Waals surface area contributed by atoms with Crippen LogP contribution in [0.15, 0.2) is 24.9 Å². The second-order valence-electron chi connectivity index (χ2n) is 8.28. The minimum Gasteiger partial charge on any atom is -0.336 e. The number of hydrogen-bond acceptors (Lipinski definition) is 7. The number of aromatic nitrogens is 4. The lowest BCUT2D eigenvalue weighted by Crippen LogP contribution is -2.51. The van der Waals surface area contributed by atoms with E-state index in [0.717, 1.165) is 44.7 Å². The first-order valence-electron chi connectivity index (χ1n) is 10.7. The van der Waals surface area contributed by atoms with Crippen LogP contribution >= 0.6 is 0 Å². The lowest BCUT2D eigenvalue weighted by atomic mass is 10.1. The number of amides is 1. The topological polar surface area (TPSA) is 87.1 Å². The van der Waals surface area contributed by atoms with Gasteiger partial charge in [0.05, 0.1) is 30.0 Å². The summed E-state index contributed by atoms with van der Waals surface area (Å²) in [5, 5.41) is 3.18. The summed E-state index contributed by atoms with van der Waals surface area (Å²) in [7, 11) is 0. The van der Waals surface area contributed by atoms with E-state index in [-0.39, 0.29) is 5.91 Å². The van der Waals surface area contributed by atoms with Crippen LogP contribution < -0.4 is 5.32 Å². The minimum atomic E-state index is -0.0366. The summed E-state index contributed by atoms with van der Waals surface area (Å²) in [5.41, 5.74) is 2.03. The summed E-state index contributed by atoms with van der Waals surface area (Å²) < 4.78 is 0. The van der Waals surface area contributed by atoms with Crippen LogP contribution in [0.3, 0.4) is 0 Å². The summed E-state index contributed by atoms with van der Waals surface area (Å²) in [6.07, 6.45) is 14.1. The molecular formula is C21H27N7O. The van der Waals surface area contributed by atoms with Gasteiger partial charge in [-0.2, -0.15) is 0 Å². The Kier molecular flexibility index (Phi) is 5.10. The average molecular weight is 393 g/mol. The van der Waals surface area contributed by atoms with Gasteiger partial charge in [0, 0.05) is 38.1 Å². The number of rotatable bonds is 5. The van der Waals surface area contributed by atoms with Gasteiger partial charge in [0.2, 0.25) is 0 Å². The van der Waals surface area contributed by atoms with Gasteiger partial charge in [-0.1, -0.05) is 12.8 Å². The third-order valence-corrected chi connectivity index (χ3v) is 6.26. The second kappa shape index (κ2) is 8.02. The van der Waals surface area contributed by atoms with E-state index in [1.165, 1.54) is 32.0 Å². The smallest absolute Gasteiger partial charge is 0.276 e. The molecule has 0 atom stereocenters. The molecule has 5 rings (SSSR count). The Morgan fingerprint density at radius 1 is 0.966 bits per heavy atom. The first-order chi connectivity index (χ1) is 14.3. The summed E-state index contributed by atoms with van der Waals surface area (Å²) in [6.45, 7) is 3.39. The maximum Gasteiger partial charge on any atom is 0.276 e. The normalized spacial score (nSPS) is 20.8. The maximum absolute atomic E-state index is 13.4. The predicted octanol–water partition coefficient (Wildman–Crippen LogP) is 2.59. The number of anilines is 2. The molecular weight excluding hydrogens is 366 g/mol. The Bertz CT molecular complexity index is 857. The molecule has 2 aromatic rings. The van der Waals surface area contributed by atoms with E-state index in [2.05, 4.69) is 25.2 Å². The highest BCUT2D eigenvalue weighted by Crippen LogP contribution is 2.39. The van der Waals surface area contributed by atoms with Gasteiger partial charge in [0.25, 0.3) is 5.91 Å². The zero-order valence-corrected chi connectivity index (χ0v) is 16.6. The number of carbonyl (C=O) groups is 1. The van der Waals surface area contributed by atoms with Crippen molar-refractivity contribution in [3.63, 3.8) is 0 Å². The van der Waals surface area contributed by atoms with Gasteiger partial charge in [-0.05, 0) is 25.7 Å². The van der Waals surface area contributed by atoms with E-state index >= 15 is 0 Å². The van der Waals surface area contributed by atoms with E-state index in [9.17, 15) is 4.79 Å². The molecule has 152 valence electrons. The highest BCUT2D eigenvalue weighted by atomic mass is 16.2. The fourth-order valence-corrected chi connectivity index (χ4v) is 4.43. The van der Waals surface area contributed by atoms with Crippen molar-refractivity contribution in [3.05, 3.63) is 36.3 Å². The highest BCUT2D eigenvalue weighted by molar-refractivity contribution is 5.97. The molecule has 0 bridgehead atoms. The Hall–Kier alpha value is -2.61. The standard InChI is InChI=1S/C21H27N7O/c29-21(28-9-7-27(8-10-28)17-3-1-2-4-17)19-20(25-16-11-22-14-23-12-16)24-13-18(26-19)15-5-6-15/h11-15,17H,1-10H2,(H,24,25). The summed E-state index contributed by atoms with van der Waals surface area (Å²) in [4.78, 5) is 35.2. The van der Waals surface area contributed by atoms with E-state index < -0.39 is 0 Å². The van der Waals surface area contributed by atoms with Crippen molar-refractivity contribution in [2.45, 2.75) is 50.5 Å². The van der Waals surface area contributed by atoms with E-state index in [0.29, 0.717) is 29.2 Å². The van der Waals surface area contributed by atoms with Crippen molar-refractivity contribution in [3.8, 4) is 0 Å². The molecule has 1 saturated heterocycles. The average Bonchev–Trinajstić information content (AvgIpc) is 3.48. The zero-order chi connectivity index (χ0) is 19.6. The van der Waals surface area contributed by atoms with Gasteiger partial charge in [0.1, 0.15) is 6.33 Å². The number of nitrogens with one attached hydrogen (secondary N) is 1. The molecule has 0 radical (unpaired) electrons. The van der Waals surface area contributed by atoms with E-state index in [1.807, 2.05) is 4.90 Å². The van der Waals surface area contributed by atoms with Crippen molar-refractivity contribution >= 4 is 17.4 Å². The third-order valence-electron chi connectivity index (χ3n) is 6.26. The first kappa shape index (κ1) is 18.4. The Morgan fingerprint density at radius 2 is 1.69 bits per heavy atom. The minimum absolute atomic E-state index is 0.0366.